The Morgan fingerprint density at radius 3 is 2.71 bits per heavy atom. The minimum atomic E-state index is 0. The van der Waals surface area contributed by atoms with Crippen LogP contribution in [0.4, 0.5) is 0 Å². The van der Waals surface area contributed by atoms with E-state index in [0.29, 0.717) is 29.7 Å². The maximum atomic E-state index is 6.13. The Balaban J connectivity index is 0.00000392. The van der Waals surface area contributed by atoms with Crippen molar-refractivity contribution in [3.05, 3.63) is 58.1 Å². The van der Waals surface area contributed by atoms with Crippen molar-refractivity contribution < 1.29 is 0 Å². The third kappa shape index (κ3) is 7.60. The third-order valence-electron chi connectivity index (χ3n) is 3.91. The molecule has 154 valence electrons. The molecule has 28 heavy (non-hydrogen) atoms. The monoisotopic (exact) mass is 536 g/mol. The molecule has 0 atom stereocenters. The molecular weight excluding hydrogens is 510 g/mol. The number of aryl methyl sites for hydroxylation is 1. The number of aromatic nitrogens is 3. The van der Waals surface area contributed by atoms with Crippen molar-refractivity contribution in [1.82, 2.24) is 25.0 Å². The molecule has 0 radical (unpaired) electrons. The van der Waals surface area contributed by atoms with Crippen molar-refractivity contribution in [3.8, 4) is 0 Å². The van der Waals surface area contributed by atoms with Gasteiger partial charge in [-0.2, -0.15) is 0 Å². The molecule has 0 fully saturated rings. The fraction of sp³-hybridized carbons (Fsp3) is 0.421. The van der Waals surface area contributed by atoms with Gasteiger partial charge >= 0.3 is 0 Å². The van der Waals surface area contributed by atoms with Gasteiger partial charge in [-0.3, -0.25) is 0 Å². The highest BCUT2D eigenvalue weighted by Crippen LogP contribution is 2.23. The van der Waals surface area contributed by atoms with E-state index in [4.69, 9.17) is 23.2 Å². The van der Waals surface area contributed by atoms with Crippen molar-refractivity contribution in [2.45, 2.75) is 33.4 Å². The van der Waals surface area contributed by atoms with E-state index >= 15 is 0 Å². The van der Waals surface area contributed by atoms with Gasteiger partial charge in [-0.15, -0.1) is 34.2 Å². The van der Waals surface area contributed by atoms with Crippen LogP contribution in [0.5, 0.6) is 0 Å². The lowest BCUT2D eigenvalue weighted by Gasteiger charge is -2.23. The molecule has 0 saturated heterocycles. The molecule has 9 heteroatoms. The van der Waals surface area contributed by atoms with Gasteiger partial charge in [-0.05, 0) is 24.6 Å². The van der Waals surface area contributed by atoms with E-state index in [2.05, 4.69) is 38.9 Å². The number of hydrogen-bond acceptors (Lipinski definition) is 3. The largest absolute Gasteiger partial charge is 0.354 e. The van der Waals surface area contributed by atoms with E-state index in [-0.39, 0.29) is 24.0 Å². The normalized spacial score (nSPS) is 11.1. The molecule has 0 saturated carbocycles. The summed E-state index contributed by atoms with van der Waals surface area (Å²) in [6.45, 7) is 10.7. The summed E-state index contributed by atoms with van der Waals surface area (Å²) in [6.07, 6.45) is 2.61. The van der Waals surface area contributed by atoms with Gasteiger partial charge in [0.1, 0.15) is 12.2 Å². The van der Waals surface area contributed by atoms with Crippen LogP contribution in [0.1, 0.15) is 25.2 Å². The number of guanidine groups is 1. The predicted molar refractivity (Wildman–Crippen MR) is 128 cm³/mol. The predicted octanol–water partition coefficient (Wildman–Crippen LogP) is 4.42. The van der Waals surface area contributed by atoms with E-state index < -0.39 is 0 Å². The van der Waals surface area contributed by atoms with Crippen LogP contribution in [0, 0.1) is 0 Å². The summed E-state index contributed by atoms with van der Waals surface area (Å²) in [7, 11) is 1.99. The van der Waals surface area contributed by atoms with Gasteiger partial charge in [0.2, 0.25) is 0 Å². The molecule has 0 spiro atoms. The quantitative estimate of drug-likeness (QED) is 0.235. The maximum Gasteiger partial charge on any atom is 0.194 e. The number of nitrogens with one attached hydrogen (secondary N) is 1. The molecule has 1 N–H and O–H groups in total. The second-order valence-electron chi connectivity index (χ2n) is 6.42. The van der Waals surface area contributed by atoms with Crippen LogP contribution < -0.4 is 5.32 Å². The van der Waals surface area contributed by atoms with Crippen LogP contribution in [0.2, 0.25) is 10.0 Å². The van der Waals surface area contributed by atoms with Gasteiger partial charge in [0, 0.05) is 33.1 Å². The summed E-state index contributed by atoms with van der Waals surface area (Å²) in [5.74, 6) is 1.77. The number of halogens is 3. The average molecular weight is 537 g/mol. The Bertz CT molecular complexity index is 805. The molecule has 0 unspecified atom stereocenters. The van der Waals surface area contributed by atoms with Crippen LogP contribution in [0.15, 0.2) is 41.7 Å². The highest BCUT2D eigenvalue weighted by Gasteiger charge is 2.09. The van der Waals surface area contributed by atoms with Crippen LogP contribution in [0.25, 0.3) is 0 Å². The number of aliphatic imine (C=N–C) groups is 1. The van der Waals surface area contributed by atoms with Crippen molar-refractivity contribution in [2.24, 2.45) is 4.99 Å². The van der Waals surface area contributed by atoms with Crippen molar-refractivity contribution in [3.63, 3.8) is 0 Å². The lowest BCUT2D eigenvalue weighted by molar-refractivity contribution is 0.471. The average Bonchev–Trinajstić information content (AvgIpc) is 3.08. The molecule has 0 bridgehead atoms. The standard InChI is InChI=1S/C19H26Cl2N6.HI/c1-5-18-25-24-13-27(18)9-8-22-19(23-11-14(2)3)26(4)12-15-6-7-16(20)17(21)10-15;/h6-7,10,13H,2,5,8-9,11-12H2,1,3-4H3,(H,22,23);1H. The lowest BCUT2D eigenvalue weighted by atomic mass is 10.2. The van der Waals surface area contributed by atoms with E-state index in [1.165, 1.54) is 0 Å². The lowest BCUT2D eigenvalue weighted by Crippen LogP contribution is -2.40. The molecule has 0 aliphatic rings. The molecule has 1 heterocycles. The molecule has 0 amide bonds. The van der Waals surface area contributed by atoms with Gasteiger partial charge in [0.25, 0.3) is 0 Å². The Hall–Kier alpha value is -1.32. The van der Waals surface area contributed by atoms with Crippen LogP contribution >= 0.6 is 47.2 Å². The number of rotatable bonds is 8. The molecule has 0 aliphatic heterocycles. The van der Waals surface area contributed by atoms with Gasteiger partial charge < -0.3 is 14.8 Å². The van der Waals surface area contributed by atoms with E-state index in [0.717, 1.165) is 35.9 Å². The summed E-state index contributed by atoms with van der Waals surface area (Å²) in [4.78, 5) is 6.70. The minimum Gasteiger partial charge on any atom is -0.354 e. The molecule has 6 nitrogen and oxygen atoms in total. The first-order valence-electron chi connectivity index (χ1n) is 8.85. The fourth-order valence-corrected chi connectivity index (χ4v) is 2.86. The highest BCUT2D eigenvalue weighted by atomic mass is 127. The van der Waals surface area contributed by atoms with Gasteiger partial charge in [0.05, 0.1) is 16.6 Å². The Morgan fingerprint density at radius 1 is 1.32 bits per heavy atom. The maximum absolute atomic E-state index is 6.13. The second kappa shape index (κ2) is 12.3. The summed E-state index contributed by atoms with van der Waals surface area (Å²) < 4.78 is 2.04. The molecule has 0 aliphatic carbocycles. The van der Waals surface area contributed by atoms with E-state index in [9.17, 15) is 0 Å². The van der Waals surface area contributed by atoms with E-state index in [1.807, 2.05) is 36.7 Å². The topological polar surface area (TPSA) is 58.3 Å². The zero-order valence-corrected chi connectivity index (χ0v) is 20.3. The van der Waals surface area contributed by atoms with Crippen molar-refractivity contribution in [2.75, 3.05) is 20.1 Å². The Morgan fingerprint density at radius 2 is 2.07 bits per heavy atom. The first kappa shape index (κ1) is 24.7. The summed E-state index contributed by atoms with van der Waals surface area (Å²) in [5.41, 5.74) is 2.06. The molecular formula is C19H27Cl2IN6. The van der Waals surface area contributed by atoms with Crippen LogP contribution in [0.3, 0.4) is 0 Å². The Kier molecular flexibility index (Phi) is 10.8. The third-order valence-corrected chi connectivity index (χ3v) is 4.65. The van der Waals surface area contributed by atoms with Gasteiger partial charge in [0.15, 0.2) is 5.96 Å². The SMILES string of the molecule is C=C(C)CN=C(NCCn1cnnc1CC)N(C)Cc1ccc(Cl)c(Cl)c1.I. The Labute approximate surface area is 194 Å². The van der Waals surface area contributed by atoms with Crippen molar-refractivity contribution >= 4 is 53.1 Å². The molecule has 2 rings (SSSR count). The number of nitrogens with zero attached hydrogens (tertiary/aromatic N) is 5. The number of benzene rings is 1. The van der Waals surface area contributed by atoms with E-state index in [1.54, 1.807) is 6.33 Å². The molecule has 1 aromatic heterocycles. The van der Waals surface area contributed by atoms with Crippen LogP contribution in [-0.2, 0) is 19.5 Å². The van der Waals surface area contributed by atoms with Crippen molar-refractivity contribution in [1.29, 1.82) is 0 Å². The van der Waals surface area contributed by atoms with Gasteiger partial charge in [-0.25, -0.2) is 4.99 Å². The smallest absolute Gasteiger partial charge is 0.194 e. The number of hydrogen-bond donors (Lipinski definition) is 1. The zero-order chi connectivity index (χ0) is 19.8. The molecule has 2 aromatic rings. The van der Waals surface area contributed by atoms with Gasteiger partial charge in [-0.1, -0.05) is 48.3 Å². The summed E-state index contributed by atoms with van der Waals surface area (Å²) >= 11 is 12.1. The highest BCUT2D eigenvalue weighted by molar-refractivity contribution is 14.0. The zero-order valence-electron chi connectivity index (χ0n) is 16.5. The minimum absolute atomic E-state index is 0. The fourth-order valence-electron chi connectivity index (χ4n) is 2.54. The summed E-state index contributed by atoms with van der Waals surface area (Å²) in [5, 5.41) is 12.6. The first-order chi connectivity index (χ1) is 12.9. The second-order valence-corrected chi connectivity index (χ2v) is 7.24. The first-order valence-corrected chi connectivity index (χ1v) is 9.60. The summed E-state index contributed by atoms with van der Waals surface area (Å²) in [6, 6.07) is 5.65. The van der Waals surface area contributed by atoms with Crippen LogP contribution in [-0.4, -0.2) is 45.8 Å². The molecule has 1 aromatic carbocycles.